The first-order chi connectivity index (χ1) is 12.0. The lowest BCUT2D eigenvalue weighted by Crippen LogP contribution is -2.18. The van der Waals surface area contributed by atoms with Crippen molar-refractivity contribution in [3.05, 3.63) is 58.5 Å². The second-order valence-electron chi connectivity index (χ2n) is 6.20. The third kappa shape index (κ3) is 2.45. The molecule has 0 saturated heterocycles. The van der Waals surface area contributed by atoms with Crippen LogP contribution in [-0.4, -0.2) is 27.6 Å². The molecule has 0 amide bonds. The standard InChI is InChI=1S/C19H18N2O3S/c1-20-11-16(13-6-4-5-7-14(13)19(20)22)15-9-18-12(8-17(15)24-3)10-21(2)25(18)23/h4-9,11H,10H2,1-3H3. The van der Waals surface area contributed by atoms with E-state index in [0.29, 0.717) is 11.9 Å². The molecule has 0 saturated carbocycles. The van der Waals surface area contributed by atoms with E-state index in [-0.39, 0.29) is 5.56 Å². The van der Waals surface area contributed by atoms with Gasteiger partial charge in [0, 0.05) is 48.4 Å². The maximum Gasteiger partial charge on any atom is 0.258 e. The van der Waals surface area contributed by atoms with E-state index in [1.54, 1.807) is 23.0 Å². The van der Waals surface area contributed by atoms with Crippen molar-refractivity contribution >= 4 is 22.1 Å². The van der Waals surface area contributed by atoms with Crippen molar-refractivity contribution in [2.24, 2.45) is 7.05 Å². The molecular weight excluding hydrogens is 336 g/mol. The Balaban J connectivity index is 2.05. The number of fused-ring (bicyclic) bond motifs is 2. The second-order valence-corrected chi connectivity index (χ2v) is 7.76. The largest absolute Gasteiger partial charge is 0.593 e. The minimum atomic E-state index is -1.17. The van der Waals surface area contributed by atoms with Gasteiger partial charge in [-0.15, -0.1) is 4.31 Å². The molecule has 0 spiro atoms. The summed E-state index contributed by atoms with van der Waals surface area (Å²) in [5.74, 6) is 0.717. The predicted octanol–water partition coefficient (Wildman–Crippen LogP) is 2.68. The zero-order chi connectivity index (χ0) is 17.7. The Bertz CT molecular complexity index is 1040. The van der Waals surface area contributed by atoms with Gasteiger partial charge >= 0.3 is 0 Å². The van der Waals surface area contributed by atoms with Crippen molar-refractivity contribution in [2.75, 3.05) is 14.2 Å². The summed E-state index contributed by atoms with van der Waals surface area (Å²) in [5, 5.41) is 1.52. The van der Waals surface area contributed by atoms with Gasteiger partial charge in [0.15, 0.2) is 4.90 Å². The van der Waals surface area contributed by atoms with Crippen molar-refractivity contribution in [1.82, 2.24) is 8.87 Å². The van der Waals surface area contributed by atoms with Gasteiger partial charge in [-0.1, -0.05) is 18.2 Å². The molecule has 25 heavy (non-hydrogen) atoms. The van der Waals surface area contributed by atoms with Gasteiger partial charge in [0.25, 0.3) is 5.56 Å². The van der Waals surface area contributed by atoms with E-state index in [4.69, 9.17) is 4.74 Å². The van der Waals surface area contributed by atoms with Crippen LogP contribution in [0.2, 0.25) is 0 Å². The summed E-state index contributed by atoms with van der Waals surface area (Å²) < 4.78 is 21.5. The monoisotopic (exact) mass is 354 g/mol. The van der Waals surface area contributed by atoms with Crippen LogP contribution >= 0.6 is 0 Å². The molecule has 4 rings (SSSR count). The maximum atomic E-state index is 12.5. The highest BCUT2D eigenvalue weighted by atomic mass is 32.2. The predicted molar refractivity (Wildman–Crippen MR) is 99.1 cm³/mol. The van der Waals surface area contributed by atoms with Crippen LogP contribution in [0.1, 0.15) is 5.56 Å². The van der Waals surface area contributed by atoms with Gasteiger partial charge in [-0.3, -0.25) is 4.79 Å². The van der Waals surface area contributed by atoms with Gasteiger partial charge in [-0.05, 0) is 17.5 Å². The number of rotatable bonds is 2. The lowest BCUT2D eigenvalue weighted by molar-refractivity contribution is 0.415. The molecule has 1 unspecified atom stereocenters. The number of nitrogens with zero attached hydrogens (tertiary/aromatic N) is 2. The molecule has 3 aromatic rings. The molecule has 128 valence electrons. The summed E-state index contributed by atoms with van der Waals surface area (Å²) in [7, 11) is 5.21. The Hall–Kier alpha value is -2.28. The van der Waals surface area contributed by atoms with E-state index in [0.717, 1.165) is 32.7 Å². The summed E-state index contributed by atoms with van der Waals surface area (Å²) in [6.07, 6.45) is 1.82. The lowest BCUT2D eigenvalue weighted by atomic mass is 9.98. The highest BCUT2D eigenvalue weighted by Gasteiger charge is 2.33. The summed E-state index contributed by atoms with van der Waals surface area (Å²) in [6, 6.07) is 11.4. The Labute approximate surface area is 148 Å². The van der Waals surface area contributed by atoms with Crippen LogP contribution in [0.25, 0.3) is 21.9 Å². The Kier molecular flexibility index (Phi) is 3.83. The van der Waals surface area contributed by atoms with Crippen LogP contribution in [0.5, 0.6) is 5.75 Å². The second kappa shape index (κ2) is 5.91. The van der Waals surface area contributed by atoms with Crippen LogP contribution in [0.3, 0.4) is 0 Å². The molecule has 5 nitrogen and oxygen atoms in total. The summed E-state index contributed by atoms with van der Waals surface area (Å²) in [5.41, 5.74) is 2.71. The van der Waals surface area contributed by atoms with Crippen molar-refractivity contribution in [3.8, 4) is 16.9 Å². The normalized spacial score (nSPS) is 17.0. The molecule has 0 N–H and O–H groups in total. The third-order valence-electron chi connectivity index (χ3n) is 4.63. The fourth-order valence-electron chi connectivity index (χ4n) is 3.36. The molecule has 0 aliphatic carbocycles. The zero-order valence-corrected chi connectivity index (χ0v) is 15.1. The molecule has 2 heterocycles. The van der Waals surface area contributed by atoms with Gasteiger partial charge in [-0.2, -0.15) is 0 Å². The van der Waals surface area contributed by atoms with Gasteiger partial charge < -0.3 is 13.9 Å². The molecule has 2 aromatic carbocycles. The van der Waals surface area contributed by atoms with Crippen molar-refractivity contribution in [3.63, 3.8) is 0 Å². The van der Waals surface area contributed by atoms with Gasteiger partial charge in [0.2, 0.25) is 0 Å². The Morgan fingerprint density at radius 3 is 2.56 bits per heavy atom. The van der Waals surface area contributed by atoms with Gasteiger partial charge in [0.05, 0.1) is 25.0 Å². The maximum absolute atomic E-state index is 12.5. The zero-order valence-electron chi connectivity index (χ0n) is 14.3. The lowest BCUT2D eigenvalue weighted by Gasteiger charge is -2.14. The van der Waals surface area contributed by atoms with E-state index < -0.39 is 11.4 Å². The fourth-order valence-corrected chi connectivity index (χ4v) is 4.52. The fraction of sp³-hybridized carbons (Fsp3) is 0.211. The van der Waals surface area contributed by atoms with E-state index in [1.165, 1.54) is 0 Å². The van der Waals surface area contributed by atoms with Crippen LogP contribution in [0, 0.1) is 0 Å². The van der Waals surface area contributed by atoms with Crippen LogP contribution < -0.4 is 10.3 Å². The molecule has 0 radical (unpaired) electrons. The molecule has 1 aliphatic heterocycles. The minimum absolute atomic E-state index is 0.0391. The first kappa shape index (κ1) is 16.2. The molecule has 1 aliphatic rings. The summed E-state index contributed by atoms with van der Waals surface area (Å²) >= 11 is -1.17. The third-order valence-corrected chi connectivity index (χ3v) is 6.08. The summed E-state index contributed by atoms with van der Waals surface area (Å²) in [4.78, 5) is 13.2. The first-order valence-corrected chi connectivity index (χ1v) is 9.04. The Morgan fingerprint density at radius 2 is 1.84 bits per heavy atom. The molecule has 0 bridgehead atoms. The first-order valence-electron chi connectivity index (χ1n) is 7.94. The average Bonchev–Trinajstić information content (AvgIpc) is 2.90. The number of hydrogen-bond donors (Lipinski definition) is 0. The van der Waals surface area contributed by atoms with Crippen molar-refractivity contribution in [1.29, 1.82) is 0 Å². The molecule has 1 aromatic heterocycles. The van der Waals surface area contributed by atoms with E-state index in [1.807, 2.05) is 49.6 Å². The highest BCUT2D eigenvalue weighted by Crippen LogP contribution is 2.40. The number of methoxy groups -OCH3 is 1. The molecule has 0 fully saturated rings. The van der Waals surface area contributed by atoms with Gasteiger partial charge in [0.1, 0.15) is 5.75 Å². The SMILES string of the molecule is COc1cc2c(cc1-c1cn(C)c(=O)c3ccccc13)[S+]([O-])N(C)C2. The molecule has 6 heteroatoms. The minimum Gasteiger partial charge on any atom is -0.593 e. The number of benzene rings is 2. The number of aromatic nitrogens is 1. The smallest absolute Gasteiger partial charge is 0.258 e. The van der Waals surface area contributed by atoms with Crippen molar-refractivity contribution in [2.45, 2.75) is 11.4 Å². The summed E-state index contributed by atoms with van der Waals surface area (Å²) in [6.45, 7) is 0.632. The molecular formula is C19H18N2O3S. The van der Waals surface area contributed by atoms with E-state index in [9.17, 15) is 9.35 Å². The van der Waals surface area contributed by atoms with Crippen LogP contribution in [0.4, 0.5) is 0 Å². The highest BCUT2D eigenvalue weighted by molar-refractivity contribution is 7.89. The quantitative estimate of drug-likeness (QED) is 0.664. The molecule has 1 atom stereocenters. The number of pyridine rings is 1. The van der Waals surface area contributed by atoms with Crippen molar-refractivity contribution < 1.29 is 9.29 Å². The van der Waals surface area contributed by atoms with E-state index >= 15 is 0 Å². The Morgan fingerprint density at radius 1 is 1.12 bits per heavy atom. The van der Waals surface area contributed by atoms with Gasteiger partial charge in [-0.25, -0.2) is 0 Å². The van der Waals surface area contributed by atoms with Crippen LogP contribution in [0.15, 0.2) is 52.3 Å². The average molecular weight is 354 g/mol. The number of hydrogen-bond acceptors (Lipinski definition) is 4. The topological polar surface area (TPSA) is 57.5 Å². The number of aryl methyl sites for hydroxylation is 1. The van der Waals surface area contributed by atoms with Crippen LogP contribution in [-0.2, 0) is 25.0 Å². The number of ether oxygens (including phenoxy) is 1. The van der Waals surface area contributed by atoms with E-state index in [2.05, 4.69) is 0 Å².